The van der Waals surface area contributed by atoms with Crippen LogP contribution in [-0.2, 0) is 0 Å². The summed E-state index contributed by atoms with van der Waals surface area (Å²) in [6.45, 7) is 1.36. The molecular weight excluding hydrogens is 204 g/mol. The van der Waals surface area contributed by atoms with E-state index in [1.807, 2.05) is 0 Å². The molecule has 0 aliphatic carbocycles. The largest absolute Gasteiger partial charge is 0.497 e. The van der Waals surface area contributed by atoms with Gasteiger partial charge in [-0.15, -0.1) is 0 Å². The summed E-state index contributed by atoms with van der Waals surface area (Å²) in [5, 5.41) is 0.235. The van der Waals surface area contributed by atoms with E-state index in [2.05, 4.69) is 0 Å². The molecule has 0 radical (unpaired) electrons. The Morgan fingerprint density at radius 2 is 2.14 bits per heavy atom. The third-order valence-corrected chi connectivity index (χ3v) is 2.11. The lowest BCUT2D eigenvalue weighted by Crippen LogP contribution is -2.00. The highest BCUT2D eigenvalue weighted by atomic mass is 35.5. The summed E-state index contributed by atoms with van der Waals surface area (Å²) in [6.07, 6.45) is 0.588. The molecule has 0 saturated heterocycles. The summed E-state index contributed by atoms with van der Waals surface area (Å²) in [4.78, 5) is 21.8. The number of ether oxygens (including phenoxy) is 1. The van der Waals surface area contributed by atoms with E-state index < -0.39 is 0 Å². The normalized spacial score (nSPS) is 9.64. The molecule has 1 aromatic carbocycles. The number of hydrogen-bond acceptors (Lipinski definition) is 3. The van der Waals surface area contributed by atoms with Gasteiger partial charge in [-0.2, -0.15) is 0 Å². The molecule has 0 saturated carbocycles. The molecule has 0 unspecified atom stereocenters. The van der Waals surface area contributed by atoms with Crippen molar-refractivity contribution in [2.24, 2.45) is 0 Å². The van der Waals surface area contributed by atoms with Crippen molar-refractivity contribution in [2.45, 2.75) is 6.92 Å². The van der Waals surface area contributed by atoms with Crippen molar-refractivity contribution in [3.05, 3.63) is 28.3 Å². The van der Waals surface area contributed by atoms with Gasteiger partial charge in [0.1, 0.15) is 5.75 Å². The van der Waals surface area contributed by atoms with E-state index in [1.165, 1.54) is 26.2 Å². The Labute approximate surface area is 86.6 Å². The van der Waals surface area contributed by atoms with Crippen LogP contribution in [0.2, 0.25) is 5.02 Å². The van der Waals surface area contributed by atoms with Crippen LogP contribution in [0.1, 0.15) is 27.6 Å². The first-order valence-corrected chi connectivity index (χ1v) is 4.31. The Morgan fingerprint density at radius 1 is 1.50 bits per heavy atom. The standard InChI is InChI=1S/C10H9ClO3/c1-6(13)10-7(5-12)3-8(14-2)4-9(10)11/h3-5H,1-2H3. The Morgan fingerprint density at radius 3 is 2.57 bits per heavy atom. The van der Waals surface area contributed by atoms with E-state index in [0.29, 0.717) is 12.0 Å². The van der Waals surface area contributed by atoms with Gasteiger partial charge in [-0.3, -0.25) is 9.59 Å². The van der Waals surface area contributed by atoms with Gasteiger partial charge in [0, 0.05) is 11.1 Å². The van der Waals surface area contributed by atoms with Crippen LogP contribution < -0.4 is 4.74 Å². The average molecular weight is 213 g/mol. The second kappa shape index (κ2) is 4.24. The number of hydrogen-bond donors (Lipinski definition) is 0. The van der Waals surface area contributed by atoms with Crippen LogP contribution in [0.15, 0.2) is 12.1 Å². The zero-order valence-corrected chi connectivity index (χ0v) is 8.59. The van der Waals surface area contributed by atoms with Gasteiger partial charge >= 0.3 is 0 Å². The monoisotopic (exact) mass is 212 g/mol. The molecule has 0 spiro atoms. The molecule has 0 amide bonds. The maximum Gasteiger partial charge on any atom is 0.162 e. The molecule has 0 N–H and O–H groups in total. The number of rotatable bonds is 3. The molecular formula is C10H9ClO3. The van der Waals surface area contributed by atoms with Crippen LogP contribution >= 0.6 is 11.6 Å². The minimum atomic E-state index is -0.236. The summed E-state index contributed by atoms with van der Waals surface area (Å²) in [5.74, 6) is 0.224. The maximum absolute atomic E-state index is 11.2. The van der Waals surface area contributed by atoms with E-state index in [-0.39, 0.29) is 21.9 Å². The summed E-state index contributed by atoms with van der Waals surface area (Å²) < 4.78 is 4.92. The van der Waals surface area contributed by atoms with Crippen LogP contribution in [0.5, 0.6) is 5.75 Å². The molecule has 3 nitrogen and oxygen atoms in total. The third-order valence-electron chi connectivity index (χ3n) is 1.81. The average Bonchev–Trinajstić information content (AvgIpc) is 2.15. The summed E-state index contributed by atoms with van der Waals surface area (Å²) in [6, 6.07) is 2.99. The number of carbonyl (C=O) groups is 2. The molecule has 0 aliphatic heterocycles. The fraction of sp³-hybridized carbons (Fsp3) is 0.200. The van der Waals surface area contributed by atoms with Crippen molar-refractivity contribution in [2.75, 3.05) is 7.11 Å². The third kappa shape index (κ3) is 1.93. The Bertz CT molecular complexity index is 385. The molecule has 74 valence electrons. The van der Waals surface area contributed by atoms with Gasteiger partial charge < -0.3 is 4.74 Å². The molecule has 4 heteroatoms. The van der Waals surface area contributed by atoms with Gasteiger partial charge in [0.05, 0.1) is 12.1 Å². The smallest absolute Gasteiger partial charge is 0.162 e. The lowest BCUT2D eigenvalue weighted by molar-refractivity contribution is 0.101. The van der Waals surface area contributed by atoms with Gasteiger partial charge in [-0.25, -0.2) is 0 Å². The molecule has 0 atom stereocenters. The van der Waals surface area contributed by atoms with Crippen LogP contribution in [0.4, 0.5) is 0 Å². The number of methoxy groups -OCH3 is 1. The lowest BCUT2D eigenvalue weighted by atomic mass is 10.0. The number of Topliss-reactive ketones (excluding diaryl/α,β-unsaturated/α-hetero) is 1. The SMILES string of the molecule is COc1cc(Cl)c(C(C)=O)c(C=O)c1. The van der Waals surface area contributed by atoms with E-state index >= 15 is 0 Å². The number of halogens is 1. The number of carbonyl (C=O) groups excluding carboxylic acids is 2. The van der Waals surface area contributed by atoms with E-state index in [0.717, 1.165) is 0 Å². The van der Waals surface area contributed by atoms with Crippen molar-refractivity contribution < 1.29 is 14.3 Å². The summed E-state index contributed by atoms with van der Waals surface area (Å²) >= 11 is 5.83. The molecule has 1 rings (SSSR count). The molecule has 0 aromatic heterocycles. The summed E-state index contributed by atoms with van der Waals surface area (Å²) in [5.41, 5.74) is 0.490. The predicted octanol–water partition coefficient (Wildman–Crippen LogP) is 2.36. The van der Waals surface area contributed by atoms with Gasteiger partial charge in [0.25, 0.3) is 0 Å². The minimum Gasteiger partial charge on any atom is -0.497 e. The lowest BCUT2D eigenvalue weighted by Gasteiger charge is -2.06. The van der Waals surface area contributed by atoms with E-state index in [9.17, 15) is 9.59 Å². The molecule has 0 heterocycles. The zero-order chi connectivity index (χ0) is 10.7. The Balaban J connectivity index is 3.42. The van der Waals surface area contributed by atoms with Crippen molar-refractivity contribution in [3.8, 4) is 5.75 Å². The first kappa shape index (κ1) is 10.7. The second-order valence-corrected chi connectivity index (χ2v) is 3.15. The maximum atomic E-state index is 11.2. The highest BCUT2D eigenvalue weighted by Crippen LogP contribution is 2.26. The van der Waals surface area contributed by atoms with Crippen LogP contribution in [0, 0.1) is 0 Å². The van der Waals surface area contributed by atoms with Crippen LogP contribution in [0.3, 0.4) is 0 Å². The highest BCUT2D eigenvalue weighted by molar-refractivity contribution is 6.34. The fourth-order valence-electron chi connectivity index (χ4n) is 1.18. The number of benzene rings is 1. The molecule has 0 fully saturated rings. The Hall–Kier alpha value is -1.35. The first-order chi connectivity index (χ1) is 6.60. The van der Waals surface area contributed by atoms with Crippen LogP contribution in [-0.4, -0.2) is 19.2 Å². The number of ketones is 1. The minimum absolute atomic E-state index is 0.235. The molecule has 0 aliphatic rings. The molecule has 14 heavy (non-hydrogen) atoms. The van der Waals surface area contributed by atoms with Gasteiger partial charge in [0.15, 0.2) is 12.1 Å². The van der Waals surface area contributed by atoms with Crippen molar-refractivity contribution >= 4 is 23.7 Å². The second-order valence-electron chi connectivity index (χ2n) is 2.75. The fourth-order valence-corrected chi connectivity index (χ4v) is 1.53. The quantitative estimate of drug-likeness (QED) is 0.571. The zero-order valence-electron chi connectivity index (χ0n) is 7.83. The van der Waals surface area contributed by atoms with E-state index in [1.54, 1.807) is 0 Å². The van der Waals surface area contributed by atoms with Crippen molar-refractivity contribution in [3.63, 3.8) is 0 Å². The molecule has 1 aromatic rings. The van der Waals surface area contributed by atoms with Gasteiger partial charge in [-0.05, 0) is 19.1 Å². The van der Waals surface area contributed by atoms with Crippen molar-refractivity contribution in [1.82, 2.24) is 0 Å². The number of aldehydes is 1. The van der Waals surface area contributed by atoms with Crippen LogP contribution in [0.25, 0.3) is 0 Å². The summed E-state index contributed by atoms with van der Waals surface area (Å²) in [7, 11) is 1.47. The topological polar surface area (TPSA) is 43.4 Å². The predicted molar refractivity (Wildman–Crippen MR) is 53.4 cm³/mol. The van der Waals surface area contributed by atoms with Crippen molar-refractivity contribution in [1.29, 1.82) is 0 Å². The molecule has 0 bridgehead atoms. The first-order valence-electron chi connectivity index (χ1n) is 3.93. The van der Waals surface area contributed by atoms with E-state index in [4.69, 9.17) is 16.3 Å². The Kier molecular flexibility index (Phi) is 3.25. The highest BCUT2D eigenvalue weighted by Gasteiger charge is 2.13. The van der Waals surface area contributed by atoms with Gasteiger partial charge in [-0.1, -0.05) is 11.6 Å². The van der Waals surface area contributed by atoms with Gasteiger partial charge in [0.2, 0.25) is 0 Å².